The number of ether oxygens (including phenoxy) is 1. The molecule has 12 heteroatoms. The number of amides is 1. The molecule has 1 aliphatic carbocycles. The smallest absolute Gasteiger partial charge is 0.373 e. The minimum atomic E-state index is -4.58. The Labute approximate surface area is 219 Å². The molecule has 1 saturated heterocycles. The van der Waals surface area contributed by atoms with Crippen molar-refractivity contribution in [1.82, 2.24) is 29.8 Å². The highest BCUT2D eigenvalue weighted by Gasteiger charge is 2.55. The van der Waals surface area contributed by atoms with E-state index in [0.29, 0.717) is 29.9 Å². The molecular weight excluding hydrogens is 499 g/mol. The highest BCUT2D eigenvalue weighted by atomic mass is 19.4. The topological polar surface area (TPSA) is 100 Å². The molecule has 1 fully saturated rings. The summed E-state index contributed by atoms with van der Waals surface area (Å²) in [6, 6.07) is 3.54. The van der Waals surface area contributed by atoms with Gasteiger partial charge in [0.05, 0.1) is 23.9 Å². The molecule has 2 atom stereocenters. The van der Waals surface area contributed by atoms with Crippen molar-refractivity contribution in [3.8, 4) is 6.07 Å². The molecular formula is C26H32F3N7O2. The predicted molar refractivity (Wildman–Crippen MR) is 135 cm³/mol. The molecule has 0 N–H and O–H groups in total. The van der Waals surface area contributed by atoms with Crippen molar-refractivity contribution >= 4 is 22.5 Å². The second-order valence-electron chi connectivity index (χ2n) is 10.4. The molecule has 1 amide bonds. The number of piperidine rings is 1. The quantitative estimate of drug-likeness (QED) is 0.540. The maximum atomic E-state index is 14.4. The molecule has 9 nitrogen and oxygen atoms in total. The Hall–Kier alpha value is -3.30. The van der Waals surface area contributed by atoms with Crippen LogP contribution in [0.5, 0.6) is 0 Å². The van der Waals surface area contributed by atoms with Crippen LogP contribution in [-0.4, -0.2) is 88.3 Å². The first kappa shape index (κ1) is 27.7. The number of hydrogen-bond donors (Lipinski definition) is 0. The second-order valence-corrected chi connectivity index (χ2v) is 10.4. The van der Waals surface area contributed by atoms with Crippen LogP contribution in [0.25, 0.3) is 16.6 Å². The van der Waals surface area contributed by atoms with Crippen molar-refractivity contribution < 1.29 is 22.7 Å². The minimum absolute atomic E-state index is 0.00381. The first-order valence-corrected chi connectivity index (χ1v) is 12.6. The number of halogens is 3. The van der Waals surface area contributed by atoms with Crippen molar-refractivity contribution in [2.24, 2.45) is 18.4 Å². The summed E-state index contributed by atoms with van der Waals surface area (Å²) < 4.78 is 50.4. The molecule has 4 rings (SSSR count). The summed E-state index contributed by atoms with van der Waals surface area (Å²) in [5.41, 5.74) is -0.975. The van der Waals surface area contributed by atoms with Crippen LogP contribution in [0, 0.1) is 22.7 Å². The first-order valence-electron chi connectivity index (χ1n) is 12.6. The molecule has 38 heavy (non-hydrogen) atoms. The zero-order chi connectivity index (χ0) is 27.7. The van der Waals surface area contributed by atoms with Crippen LogP contribution >= 0.6 is 0 Å². The van der Waals surface area contributed by atoms with E-state index in [4.69, 9.17) is 4.74 Å². The molecule has 0 spiro atoms. The molecule has 0 radical (unpaired) electrons. The number of aryl methyl sites for hydroxylation is 1. The first-order chi connectivity index (χ1) is 17.9. The Kier molecular flexibility index (Phi) is 7.90. The van der Waals surface area contributed by atoms with Gasteiger partial charge in [-0.05, 0) is 56.8 Å². The zero-order valence-electron chi connectivity index (χ0n) is 22.0. The van der Waals surface area contributed by atoms with Gasteiger partial charge in [0.1, 0.15) is 17.0 Å². The van der Waals surface area contributed by atoms with Gasteiger partial charge >= 0.3 is 6.18 Å². The van der Waals surface area contributed by atoms with Gasteiger partial charge in [-0.3, -0.25) is 9.69 Å². The van der Waals surface area contributed by atoms with Crippen LogP contribution < -0.4 is 0 Å². The number of nitriles is 1. The SMILES string of the molecule is CN(C)C(=O)CN1CCC(CCOC2C=CC(c3cc4c(nnn4C)c(C#N)n3)=CC2(C)C(F)(F)F)CC1. The summed E-state index contributed by atoms with van der Waals surface area (Å²) in [5, 5.41) is 17.3. The van der Waals surface area contributed by atoms with Crippen LogP contribution in [0.4, 0.5) is 13.2 Å². The highest BCUT2D eigenvalue weighted by Crippen LogP contribution is 2.47. The molecule has 1 aliphatic heterocycles. The van der Waals surface area contributed by atoms with Gasteiger partial charge in [0.2, 0.25) is 5.91 Å². The number of likely N-dealkylation sites (N-methyl/N-ethyl adjacent to an activating group) is 1. The summed E-state index contributed by atoms with van der Waals surface area (Å²) >= 11 is 0. The Bertz CT molecular complexity index is 1290. The number of carbonyl (C=O) groups excluding carboxylic acids is 1. The van der Waals surface area contributed by atoms with Gasteiger partial charge in [0.15, 0.2) is 5.69 Å². The van der Waals surface area contributed by atoms with Crippen molar-refractivity contribution in [2.45, 2.75) is 38.5 Å². The highest BCUT2D eigenvalue weighted by molar-refractivity contribution is 5.85. The average Bonchev–Trinajstić information content (AvgIpc) is 3.25. The van der Waals surface area contributed by atoms with E-state index in [9.17, 15) is 23.2 Å². The van der Waals surface area contributed by atoms with E-state index in [1.54, 1.807) is 38.2 Å². The minimum Gasteiger partial charge on any atom is -0.373 e. The number of allylic oxidation sites excluding steroid dienone is 2. The monoisotopic (exact) mass is 531 g/mol. The average molecular weight is 532 g/mol. The summed E-state index contributed by atoms with van der Waals surface area (Å²) in [7, 11) is 5.11. The molecule has 2 aromatic heterocycles. The van der Waals surface area contributed by atoms with Crippen molar-refractivity contribution in [3.05, 3.63) is 35.7 Å². The maximum Gasteiger partial charge on any atom is 0.400 e. The predicted octanol–water partition coefficient (Wildman–Crippen LogP) is 3.33. The van der Waals surface area contributed by atoms with E-state index in [0.717, 1.165) is 38.9 Å². The third kappa shape index (κ3) is 5.59. The Balaban J connectivity index is 1.43. The van der Waals surface area contributed by atoms with Crippen LogP contribution in [0.15, 0.2) is 24.3 Å². The van der Waals surface area contributed by atoms with Crippen LogP contribution in [0.1, 0.15) is 37.6 Å². The number of aromatic nitrogens is 4. The summed E-state index contributed by atoms with van der Waals surface area (Å²) in [5.74, 6) is 0.398. The summed E-state index contributed by atoms with van der Waals surface area (Å²) in [6.45, 7) is 3.28. The Morgan fingerprint density at radius 1 is 1.32 bits per heavy atom. The van der Waals surface area contributed by atoms with Gasteiger partial charge in [0, 0.05) is 27.7 Å². The van der Waals surface area contributed by atoms with Crippen LogP contribution in [0.3, 0.4) is 0 Å². The van der Waals surface area contributed by atoms with Gasteiger partial charge in [-0.25, -0.2) is 9.67 Å². The molecule has 2 aliphatic rings. The van der Waals surface area contributed by atoms with Gasteiger partial charge < -0.3 is 9.64 Å². The number of carbonyl (C=O) groups is 1. The van der Waals surface area contributed by atoms with Gasteiger partial charge in [0.25, 0.3) is 0 Å². The molecule has 2 unspecified atom stereocenters. The van der Waals surface area contributed by atoms with E-state index in [1.807, 2.05) is 6.07 Å². The van der Waals surface area contributed by atoms with Crippen molar-refractivity contribution in [1.29, 1.82) is 5.26 Å². The Morgan fingerprint density at radius 2 is 2.03 bits per heavy atom. The fourth-order valence-corrected chi connectivity index (χ4v) is 4.86. The number of rotatable bonds is 7. The molecule has 204 valence electrons. The van der Waals surface area contributed by atoms with Crippen LogP contribution in [0.2, 0.25) is 0 Å². The summed E-state index contributed by atoms with van der Waals surface area (Å²) in [6.07, 6.45) is 0.774. The normalized spacial score (nSPS) is 22.9. The van der Waals surface area contributed by atoms with E-state index in [2.05, 4.69) is 20.2 Å². The number of hydrogen-bond acceptors (Lipinski definition) is 7. The largest absolute Gasteiger partial charge is 0.400 e. The number of pyridine rings is 1. The third-order valence-electron chi connectivity index (χ3n) is 7.50. The number of likely N-dealkylation sites (tertiary alicyclic amines) is 1. The maximum absolute atomic E-state index is 14.4. The lowest BCUT2D eigenvalue weighted by atomic mass is 9.77. The lowest BCUT2D eigenvalue weighted by Crippen LogP contribution is -2.46. The molecule has 3 heterocycles. The van der Waals surface area contributed by atoms with Gasteiger partial charge in [-0.15, -0.1) is 5.10 Å². The van der Waals surface area contributed by atoms with E-state index < -0.39 is 17.7 Å². The van der Waals surface area contributed by atoms with Crippen LogP contribution in [-0.2, 0) is 16.6 Å². The standard InChI is InChI=1S/C26H32F3N7O2/c1-25(26(27,28)29)14-18(19-13-21-24(20(15-30)31-19)32-33-35(21)4)5-6-22(25)38-12-9-17-7-10-36(11-8-17)16-23(37)34(2)3/h5-6,13-14,17,22H,7-12,16H2,1-4H3. The molecule has 0 aromatic carbocycles. The van der Waals surface area contributed by atoms with Crippen molar-refractivity contribution in [3.63, 3.8) is 0 Å². The van der Waals surface area contributed by atoms with Crippen molar-refractivity contribution in [2.75, 3.05) is 40.3 Å². The Morgan fingerprint density at radius 3 is 2.66 bits per heavy atom. The number of alkyl halides is 3. The summed E-state index contributed by atoms with van der Waals surface area (Å²) in [4.78, 5) is 19.9. The molecule has 0 bridgehead atoms. The lowest BCUT2D eigenvalue weighted by Gasteiger charge is -2.38. The van der Waals surface area contributed by atoms with Gasteiger partial charge in [-0.2, -0.15) is 18.4 Å². The molecule has 0 saturated carbocycles. The fourth-order valence-electron chi connectivity index (χ4n) is 4.86. The number of fused-ring (bicyclic) bond motifs is 1. The van der Waals surface area contributed by atoms with E-state index in [1.165, 1.54) is 10.8 Å². The molecule has 2 aromatic rings. The third-order valence-corrected chi connectivity index (χ3v) is 7.50. The lowest BCUT2D eigenvalue weighted by molar-refractivity contribution is -0.228. The van der Waals surface area contributed by atoms with E-state index >= 15 is 0 Å². The number of nitrogens with zero attached hydrogens (tertiary/aromatic N) is 7. The van der Waals surface area contributed by atoms with E-state index in [-0.39, 0.29) is 29.5 Å². The second kappa shape index (κ2) is 10.8. The van der Waals surface area contributed by atoms with Gasteiger partial charge in [-0.1, -0.05) is 23.4 Å². The zero-order valence-corrected chi connectivity index (χ0v) is 22.0. The fraction of sp³-hybridized carbons (Fsp3) is 0.577.